The number of likely N-dealkylation sites (N-methyl/N-ethyl adjacent to an activating group) is 1. The van der Waals surface area contributed by atoms with Crippen LogP contribution in [0.2, 0.25) is 0 Å². The lowest BCUT2D eigenvalue weighted by Crippen LogP contribution is -2.20. The second-order valence-corrected chi connectivity index (χ2v) is 10.8. The molecule has 0 aliphatic carbocycles. The molecule has 0 amide bonds. The molecule has 6 aromatic rings. The zero-order valence-electron chi connectivity index (χ0n) is 23.5. The lowest BCUT2D eigenvalue weighted by atomic mass is 10.1. The van der Waals surface area contributed by atoms with Gasteiger partial charge in [0.2, 0.25) is 0 Å². The molecule has 0 saturated heterocycles. The number of nitrogens with one attached hydrogen (secondary N) is 3. The minimum atomic E-state index is -0.313. The number of pyridine rings is 3. The smallest absolute Gasteiger partial charge is 0.125 e. The lowest BCUT2D eigenvalue weighted by Gasteiger charge is -2.12. The molecular formula is C31H32FN9. The third-order valence-corrected chi connectivity index (χ3v) is 6.90. The summed E-state index contributed by atoms with van der Waals surface area (Å²) in [6.07, 6.45) is 7.24. The van der Waals surface area contributed by atoms with E-state index in [0.29, 0.717) is 17.8 Å². The monoisotopic (exact) mass is 549 g/mol. The fourth-order valence-electron chi connectivity index (χ4n) is 5.02. The van der Waals surface area contributed by atoms with Crippen LogP contribution in [0.15, 0.2) is 67.3 Å². The number of fused-ring (bicyclic) bond motifs is 2. The molecule has 6 rings (SSSR count). The number of nitrogens with zero attached hydrogens (tertiary/aromatic N) is 6. The number of H-pyrrole nitrogens is 2. The van der Waals surface area contributed by atoms with Gasteiger partial charge >= 0.3 is 0 Å². The number of halogens is 1. The average Bonchev–Trinajstić information content (AvgIpc) is 3.56. The van der Waals surface area contributed by atoms with Gasteiger partial charge in [0.1, 0.15) is 11.5 Å². The predicted octanol–water partition coefficient (Wildman–Crippen LogP) is 5.40. The van der Waals surface area contributed by atoms with E-state index >= 15 is 0 Å². The van der Waals surface area contributed by atoms with Gasteiger partial charge in [-0.3, -0.25) is 20.1 Å². The van der Waals surface area contributed by atoms with Crippen LogP contribution in [0.5, 0.6) is 0 Å². The van der Waals surface area contributed by atoms with Crippen molar-refractivity contribution < 1.29 is 4.39 Å². The van der Waals surface area contributed by atoms with Crippen LogP contribution in [0.4, 0.5) is 10.1 Å². The largest absolute Gasteiger partial charge is 0.384 e. The third-order valence-electron chi connectivity index (χ3n) is 6.90. The van der Waals surface area contributed by atoms with Crippen LogP contribution >= 0.6 is 0 Å². The highest BCUT2D eigenvalue weighted by atomic mass is 19.1. The van der Waals surface area contributed by atoms with Gasteiger partial charge in [-0.05, 0) is 76.2 Å². The summed E-state index contributed by atoms with van der Waals surface area (Å²) in [5, 5.41) is 12.9. The molecule has 0 bridgehead atoms. The zero-order chi connectivity index (χ0) is 28.5. The van der Waals surface area contributed by atoms with Gasteiger partial charge in [0.25, 0.3) is 0 Å². The maximum Gasteiger partial charge on any atom is 0.125 e. The first-order valence-electron chi connectivity index (χ1n) is 13.4. The first kappa shape index (κ1) is 26.5. The second kappa shape index (κ2) is 11.1. The fraction of sp³-hybridized carbons (Fsp3) is 0.226. The molecule has 0 aliphatic rings. The summed E-state index contributed by atoms with van der Waals surface area (Å²) in [6, 6.07) is 13.1. The Morgan fingerprint density at radius 2 is 1.68 bits per heavy atom. The maximum absolute atomic E-state index is 14.7. The molecule has 9 nitrogen and oxygen atoms in total. The van der Waals surface area contributed by atoms with Gasteiger partial charge < -0.3 is 20.1 Å². The first-order chi connectivity index (χ1) is 19.8. The Bertz CT molecular complexity index is 1840. The van der Waals surface area contributed by atoms with Crippen LogP contribution in [-0.4, -0.2) is 81.2 Å². The Morgan fingerprint density at radius 1 is 0.829 bits per heavy atom. The van der Waals surface area contributed by atoms with Crippen molar-refractivity contribution in [1.29, 1.82) is 0 Å². The van der Waals surface area contributed by atoms with E-state index in [4.69, 9.17) is 0 Å². The summed E-state index contributed by atoms with van der Waals surface area (Å²) in [4.78, 5) is 21.4. The molecule has 208 valence electrons. The minimum Gasteiger partial charge on any atom is -0.384 e. The van der Waals surface area contributed by atoms with Crippen LogP contribution < -0.4 is 5.32 Å². The number of benzene rings is 1. The van der Waals surface area contributed by atoms with Crippen LogP contribution in [0.1, 0.15) is 5.56 Å². The molecule has 10 heteroatoms. The van der Waals surface area contributed by atoms with Crippen molar-refractivity contribution in [3.05, 3.63) is 78.6 Å². The van der Waals surface area contributed by atoms with Gasteiger partial charge in [0, 0.05) is 71.3 Å². The average molecular weight is 550 g/mol. The van der Waals surface area contributed by atoms with Crippen molar-refractivity contribution in [2.75, 3.05) is 46.6 Å². The molecule has 0 fully saturated rings. The van der Waals surface area contributed by atoms with Crippen molar-refractivity contribution >= 4 is 27.5 Å². The normalized spacial score (nSPS) is 11.8. The molecule has 0 saturated carbocycles. The summed E-state index contributed by atoms with van der Waals surface area (Å²) in [5.41, 5.74) is 8.33. The molecule has 0 radical (unpaired) electrons. The van der Waals surface area contributed by atoms with E-state index in [1.807, 2.05) is 64.8 Å². The maximum atomic E-state index is 14.7. The minimum absolute atomic E-state index is 0.313. The van der Waals surface area contributed by atoms with Gasteiger partial charge in [-0.2, -0.15) is 5.10 Å². The van der Waals surface area contributed by atoms with E-state index in [-0.39, 0.29) is 5.82 Å². The van der Waals surface area contributed by atoms with E-state index in [0.717, 1.165) is 68.8 Å². The summed E-state index contributed by atoms with van der Waals surface area (Å²) in [7, 11) is 8.08. The summed E-state index contributed by atoms with van der Waals surface area (Å²) < 4.78 is 14.7. The molecule has 41 heavy (non-hydrogen) atoms. The molecule has 0 spiro atoms. The van der Waals surface area contributed by atoms with Crippen LogP contribution in [0.3, 0.4) is 0 Å². The van der Waals surface area contributed by atoms with Gasteiger partial charge in [-0.1, -0.05) is 0 Å². The van der Waals surface area contributed by atoms with Crippen molar-refractivity contribution in [2.45, 2.75) is 6.54 Å². The SMILES string of the molecule is CN(C)CCNc1cc(F)cc(-c2nccc3[nH]c(-c4n[nH]c5cnc(-c6cncc(CN(C)C)c6)cc45)cc23)c1. The van der Waals surface area contributed by atoms with Gasteiger partial charge in [-0.15, -0.1) is 0 Å². The van der Waals surface area contributed by atoms with Gasteiger partial charge in [0.15, 0.2) is 0 Å². The molecular weight excluding hydrogens is 517 g/mol. The summed E-state index contributed by atoms with van der Waals surface area (Å²) in [5.74, 6) is -0.313. The predicted molar refractivity (Wildman–Crippen MR) is 162 cm³/mol. The first-order valence-corrected chi connectivity index (χ1v) is 13.4. The third kappa shape index (κ3) is 5.65. The molecule has 0 aliphatic heterocycles. The Morgan fingerprint density at radius 3 is 2.51 bits per heavy atom. The van der Waals surface area contributed by atoms with Gasteiger partial charge in [-0.25, -0.2) is 4.39 Å². The Balaban J connectivity index is 1.37. The Kier molecular flexibility index (Phi) is 7.17. The number of hydrogen-bond acceptors (Lipinski definition) is 7. The van der Waals surface area contributed by atoms with Crippen molar-refractivity contribution in [3.8, 4) is 33.9 Å². The highest BCUT2D eigenvalue weighted by Crippen LogP contribution is 2.34. The number of rotatable bonds is 9. The Labute approximate surface area is 237 Å². The molecule has 1 aromatic carbocycles. The number of hydrogen-bond donors (Lipinski definition) is 3. The zero-order valence-corrected chi connectivity index (χ0v) is 23.5. The number of aromatic amines is 2. The number of anilines is 1. The van der Waals surface area contributed by atoms with E-state index in [1.165, 1.54) is 12.1 Å². The fourth-order valence-corrected chi connectivity index (χ4v) is 5.02. The highest BCUT2D eigenvalue weighted by molar-refractivity contribution is 6.00. The van der Waals surface area contributed by atoms with Crippen LogP contribution in [0.25, 0.3) is 55.7 Å². The van der Waals surface area contributed by atoms with Crippen LogP contribution in [0, 0.1) is 5.82 Å². The van der Waals surface area contributed by atoms with E-state index in [1.54, 1.807) is 12.4 Å². The quantitative estimate of drug-likeness (QED) is 0.222. The van der Waals surface area contributed by atoms with Crippen molar-refractivity contribution in [1.82, 2.24) is 39.9 Å². The lowest BCUT2D eigenvalue weighted by molar-refractivity contribution is 0.402. The van der Waals surface area contributed by atoms with Crippen molar-refractivity contribution in [3.63, 3.8) is 0 Å². The standard InChI is InChI=1S/C31H32FN9/c1-40(2)8-7-34-23-11-20(10-22(32)12-23)30-24-14-28(37-26(24)5-6-35-30)31-25-13-27(36-17-29(25)38-39-31)21-9-19(15-33-16-21)18-41(3)4/h5-6,9-17,34,37H,7-8,18H2,1-4H3,(H,38,39). The molecule has 3 N–H and O–H groups in total. The topological polar surface area (TPSA) is 102 Å². The van der Waals surface area contributed by atoms with Crippen LogP contribution in [-0.2, 0) is 6.54 Å². The second-order valence-electron chi connectivity index (χ2n) is 10.8. The Hall–Kier alpha value is -4.67. The van der Waals surface area contributed by atoms with E-state index in [2.05, 4.69) is 51.3 Å². The highest BCUT2D eigenvalue weighted by Gasteiger charge is 2.16. The molecule has 0 atom stereocenters. The summed E-state index contributed by atoms with van der Waals surface area (Å²) >= 11 is 0. The molecule has 5 aromatic heterocycles. The van der Waals surface area contributed by atoms with Gasteiger partial charge in [0.05, 0.1) is 28.8 Å². The molecule has 5 heterocycles. The van der Waals surface area contributed by atoms with E-state index < -0.39 is 0 Å². The van der Waals surface area contributed by atoms with Crippen molar-refractivity contribution in [2.24, 2.45) is 0 Å². The molecule has 0 unspecified atom stereocenters. The van der Waals surface area contributed by atoms with E-state index in [9.17, 15) is 4.39 Å². The number of aromatic nitrogens is 6. The summed E-state index contributed by atoms with van der Waals surface area (Å²) in [6.45, 7) is 2.35.